The van der Waals surface area contributed by atoms with E-state index in [1.54, 1.807) is 49.0 Å². The Hall–Kier alpha value is -4.92. The van der Waals surface area contributed by atoms with Gasteiger partial charge < -0.3 is 34.6 Å². The fraction of sp³-hybridized carbons (Fsp3) is 0.379. The summed E-state index contributed by atoms with van der Waals surface area (Å²) in [5.74, 6) is -2.41. The third-order valence-corrected chi connectivity index (χ3v) is 6.89. The topological polar surface area (TPSA) is 144 Å². The average Bonchev–Trinajstić information content (AvgIpc) is 3.34. The second kappa shape index (κ2) is 14.5. The lowest BCUT2D eigenvalue weighted by Crippen LogP contribution is -2.52. The molecule has 2 N–H and O–H groups in total. The number of benzene rings is 1. The van der Waals surface area contributed by atoms with E-state index in [-0.39, 0.29) is 41.2 Å². The van der Waals surface area contributed by atoms with Crippen LogP contribution in [0.4, 0.5) is 20.3 Å². The molecule has 0 unspecified atom stereocenters. The molecule has 44 heavy (non-hydrogen) atoms. The van der Waals surface area contributed by atoms with Crippen molar-refractivity contribution in [3.8, 4) is 11.3 Å². The molecule has 1 fully saturated rings. The smallest absolute Gasteiger partial charge is 0.291 e. The van der Waals surface area contributed by atoms with Gasteiger partial charge in [0.1, 0.15) is 0 Å². The summed E-state index contributed by atoms with van der Waals surface area (Å²) < 4.78 is 30.5. The number of carbonyl (C=O) groups is 4. The first kappa shape index (κ1) is 33.6. The first-order valence-corrected chi connectivity index (χ1v) is 13.6. The molecule has 1 aromatic carbocycles. The number of likely N-dealkylation sites (N-methyl/N-ethyl adjacent to an activating group) is 1. The number of hydrogen-bond acceptors (Lipinski definition) is 8. The van der Waals surface area contributed by atoms with Gasteiger partial charge in [0.25, 0.3) is 18.3 Å². The number of imidazole rings is 1. The van der Waals surface area contributed by atoms with Crippen molar-refractivity contribution in [2.24, 2.45) is 7.05 Å². The number of aromatic nitrogens is 3. The number of nitrogens with one attached hydrogen (secondary N) is 1. The Morgan fingerprint density at radius 1 is 1.05 bits per heavy atom. The number of hydrogen-bond donors (Lipinski definition) is 2. The molecule has 0 radical (unpaired) electrons. The maximum absolute atomic E-state index is 14.7. The predicted molar refractivity (Wildman–Crippen MR) is 160 cm³/mol. The van der Waals surface area contributed by atoms with Crippen molar-refractivity contribution in [3.63, 3.8) is 0 Å². The Balaban J connectivity index is 0.00000169. The molecule has 0 spiro atoms. The van der Waals surface area contributed by atoms with Crippen LogP contribution in [-0.2, 0) is 16.6 Å². The number of aryl methyl sites for hydroxylation is 1. The minimum atomic E-state index is -0.887. The molecule has 0 aliphatic carbocycles. The number of carboxylic acid groups (broad SMARTS) is 1. The largest absolute Gasteiger partial charge is 0.483 e. The zero-order valence-electron chi connectivity index (χ0n) is 25.5. The molecular formula is C29H36F2N8O5. The number of rotatable bonds is 7. The summed E-state index contributed by atoms with van der Waals surface area (Å²) in [6, 6.07) is 5.98. The molecule has 1 aliphatic rings. The van der Waals surface area contributed by atoms with Crippen molar-refractivity contribution in [2.75, 3.05) is 71.1 Å². The molecule has 3 amide bonds. The zero-order valence-corrected chi connectivity index (χ0v) is 25.5. The maximum atomic E-state index is 14.7. The lowest BCUT2D eigenvalue weighted by Gasteiger charge is -2.35. The third-order valence-electron chi connectivity index (χ3n) is 6.89. The number of anilines is 2. The summed E-state index contributed by atoms with van der Waals surface area (Å²) in [6.07, 6.45) is 1.28. The van der Waals surface area contributed by atoms with Crippen LogP contribution in [0.15, 0.2) is 30.5 Å². The number of piperazine rings is 1. The van der Waals surface area contributed by atoms with Gasteiger partial charge in [-0.2, -0.15) is 9.37 Å². The van der Waals surface area contributed by atoms with Gasteiger partial charge in [-0.1, -0.05) is 0 Å². The number of pyridine rings is 1. The molecule has 0 atom stereocenters. The van der Waals surface area contributed by atoms with Crippen LogP contribution < -0.4 is 10.2 Å². The van der Waals surface area contributed by atoms with Gasteiger partial charge in [0.2, 0.25) is 11.9 Å². The van der Waals surface area contributed by atoms with E-state index in [1.165, 1.54) is 22.7 Å². The Kier molecular flexibility index (Phi) is 11.1. The van der Waals surface area contributed by atoms with Crippen molar-refractivity contribution in [3.05, 3.63) is 59.2 Å². The molecule has 236 valence electrons. The van der Waals surface area contributed by atoms with Crippen LogP contribution in [0.5, 0.6) is 0 Å². The third kappa shape index (κ3) is 7.72. The van der Waals surface area contributed by atoms with Crippen molar-refractivity contribution < 1.29 is 33.1 Å². The molecular weight excluding hydrogens is 578 g/mol. The fourth-order valence-electron chi connectivity index (χ4n) is 4.69. The fourth-order valence-corrected chi connectivity index (χ4v) is 4.69. The Labute approximate surface area is 253 Å². The molecule has 2 aromatic heterocycles. The number of carbonyl (C=O) groups excluding carboxylic acids is 3. The predicted octanol–water partition coefficient (Wildman–Crippen LogP) is 1.93. The number of amides is 3. The van der Waals surface area contributed by atoms with Crippen molar-refractivity contribution in [2.45, 2.75) is 6.92 Å². The summed E-state index contributed by atoms with van der Waals surface area (Å²) in [7, 11) is 8.31. The SMILES string of the molecule is Cc1cc(NC(=O)c2ncc(-c3cc(F)c(N(C)C)nc3F)n2C)ccc1C(=O)N1CCN(C(=O)CN(C)C)CC1.O=CO. The number of nitrogens with zero attached hydrogens (tertiary/aromatic N) is 7. The van der Waals surface area contributed by atoms with Crippen molar-refractivity contribution in [1.82, 2.24) is 29.2 Å². The highest BCUT2D eigenvalue weighted by Gasteiger charge is 2.26. The minimum Gasteiger partial charge on any atom is -0.483 e. The number of halogens is 2. The Bertz CT molecular complexity index is 1530. The molecule has 0 bridgehead atoms. The van der Waals surface area contributed by atoms with Crippen LogP contribution in [0, 0.1) is 18.7 Å². The van der Waals surface area contributed by atoms with Crippen molar-refractivity contribution in [1.29, 1.82) is 0 Å². The molecule has 4 rings (SSSR count). The molecule has 0 saturated carbocycles. The van der Waals surface area contributed by atoms with Gasteiger partial charge in [0.05, 0.1) is 24.0 Å². The highest BCUT2D eigenvalue weighted by atomic mass is 19.1. The van der Waals surface area contributed by atoms with Crippen LogP contribution >= 0.6 is 0 Å². The molecule has 3 aromatic rings. The van der Waals surface area contributed by atoms with Gasteiger partial charge in [-0.25, -0.2) is 9.37 Å². The summed E-state index contributed by atoms with van der Waals surface area (Å²) in [5, 5.41) is 9.64. The standard InChI is InChI=1S/C28H34F2N8O3.CH2O2/c1-17-13-18(7-8-19(17)28(41)38-11-9-37(10-12-38)23(39)16-34(2)3)32-27(40)26-31-15-22(36(26)6)20-14-21(29)25(35(4)5)33-24(20)30;2-1-3/h7-8,13-15H,9-12,16H2,1-6H3,(H,32,40);1H,(H,2,3). The zero-order chi connectivity index (χ0) is 32.7. The summed E-state index contributed by atoms with van der Waals surface area (Å²) in [4.78, 5) is 61.3. The lowest BCUT2D eigenvalue weighted by molar-refractivity contribution is -0.133. The van der Waals surface area contributed by atoms with E-state index in [1.807, 2.05) is 19.0 Å². The monoisotopic (exact) mass is 614 g/mol. The van der Waals surface area contributed by atoms with E-state index >= 15 is 0 Å². The second-order valence-corrected chi connectivity index (χ2v) is 10.6. The van der Waals surface area contributed by atoms with Crippen LogP contribution in [0.2, 0.25) is 0 Å². The first-order chi connectivity index (χ1) is 20.8. The van der Waals surface area contributed by atoms with Gasteiger partial charge in [-0.3, -0.25) is 19.2 Å². The highest BCUT2D eigenvalue weighted by molar-refractivity contribution is 6.03. The molecule has 1 saturated heterocycles. The summed E-state index contributed by atoms with van der Waals surface area (Å²) in [5.41, 5.74) is 1.68. The van der Waals surface area contributed by atoms with Crippen LogP contribution in [0.25, 0.3) is 11.3 Å². The van der Waals surface area contributed by atoms with E-state index < -0.39 is 17.7 Å². The van der Waals surface area contributed by atoms with E-state index in [9.17, 15) is 23.2 Å². The normalized spacial score (nSPS) is 12.8. The molecule has 1 aliphatic heterocycles. The molecule has 3 heterocycles. The quantitative estimate of drug-likeness (QED) is 0.301. The van der Waals surface area contributed by atoms with Gasteiger partial charge in [-0.05, 0) is 50.8 Å². The van der Waals surface area contributed by atoms with Crippen molar-refractivity contribution >= 4 is 35.7 Å². The maximum Gasteiger partial charge on any atom is 0.291 e. The van der Waals surface area contributed by atoms with Gasteiger partial charge in [-0.15, -0.1) is 0 Å². The van der Waals surface area contributed by atoms with Gasteiger partial charge in [0, 0.05) is 58.6 Å². The molecule has 15 heteroatoms. The van der Waals surface area contributed by atoms with Gasteiger partial charge in [0.15, 0.2) is 17.5 Å². The minimum absolute atomic E-state index is 0.0176. The summed E-state index contributed by atoms with van der Waals surface area (Å²) in [6.45, 7) is 3.69. The van der Waals surface area contributed by atoms with E-state index in [0.29, 0.717) is 49.5 Å². The average molecular weight is 615 g/mol. The van der Waals surface area contributed by atoms with E-state index in [2.05, 4.69) is 15.3 Å². The van der Waals surface area contributed by atoms with Crippen LogP contribution in [0.1, 0.15) is 26.5 Å². The van der Waals surface area contributed by atoms with E-state index in [4.69, 9.17) is 9.90 Å². The Morgan fingerprint density at radius 2 is 1.66 bits per heavy atom. The first-order valence-electron chi connectivity index (χ1n) is 13.6. The van der Waals surface area contributed by atoms with Crippen LogP contribution in [0.3, 0.4) is 0 Å². The van der Waals surface area contributed by atoms with E-state index in [0.717, 1.165) is 6.07 Å². The Morgan fingerprint density at radius 3 is 2.23 bits per heavy atom. The lowest BCUT2D eigenvalue weighted by atomic mass is 10.1. The van der Waals surface area contributed by atoms with Crippen LogP contribution in [-0.4, -0.2) is 119 Å². The highest BCUT2D eigenvalue weighted by Crippen LogP contribution is 2.27. The second-order valence-electron chi connectivity index (χ2n) is 10.6. The molecule has 13 nitrogen and oxygen atoms in total. The summed E-state index contributed by atoms with van der Waals surface area (Å²) >= 11 is 0. The van der Waals surface area contributed by atoms with Gasteiger partial charge >= 0.3 is 0 Å².